The van der Waals surface area contributed by atoms with Gasteiger partial charge >= 0.3 is 0 Å². The van der Waals surface area contributed by atoms with Crippen molar-refractivity contribution in [1.82, 2.24) is 5.43 Å². The van der Waals surface area contributed by atoms with Gasteiger partial charge in [-0.05, 0) is 42.0 Å². The van der Waals surface area contributed by atoms with Crippen LogP contribution in [0.1, 0.15) is 5.56 Å². The van der Waals surface area contributed by atoms with Crippen LogP contribution in [0, 0.1) is 0 Å². The molecule has 2 aromatic rings. The third kappa shape index (κ3) is 6.51. The molecule has 0 radical (unpaired) electrons. The summed E-state index contributed by atoms with van der Waals surface area (Å²) in [5.41, 5.74) is 3.09. The predicted molar refractivity (Wildman–Crippen MR) is 106 cm³/mol. The van der Waals surface area contributed by atoms with E-state index in [0.29, 0.717) is 33.9 Å². The maximum absolute atomic E-state index is 11.8. The Kier molecular flexibility index (Phi) is 7.98. The first-order chi connectivity index (χ1) is 13.0. The molecule has 0 saturated heterocycles. The lowest BCUT2D eigenvalue weighted by Gasteiger charge is -2.09. The van der Waals surface area contributed by atoms with Crippen LogP contribution >= 0.6 is 23.2 Å². The van der Waals surface area contributed by atoms with Crippen LogP contribution in [0.5, 0.6) is 17.2 Å². The Morgan fingerprint density at radius 2 is 1.93 bits per heavy atom. The minimum absolute atomic E-state index is 0.240. The number of hydrazone groups is 1. The summed E-state index contributed by atoms with van der Waals surface area (Å²) >= 11 is 11.8. The molecule has 1 N–H and O–H groups in total. The molecule has 0 aliphatic carbocycles. The van der Waals surface area contributed by atoms with Crippen LogP contribution in [0.4, 0.5) is 0 Å². The van der Waals surface area contributed by atoms with Crippen LogP contribution in [0.15, 0.2) is 54.2 Å². The molecule has 6 nitrogen and oxygen atoms in total. The Balaban J connectivity index is 1.88. The number of nitrogens with one attached hydrogen (secondary N) is 1. The normalized spacial score (nSPS) is 10.5. The van der Waals surface area contributed by atoms with Crippen molar-refractivity contribution in [2.24, 2.45) is 5.10 Å². The van der Waals surface area contributed by atoms with Crippen LogP contribution in [0.2, 0.25) is 10.0 Å². The molecule has 0 heterocycles. The van der Waals surface area contributed by atoms with Crippen LogP contribution < -0.4 is 19.6 Å². The van der Waals surface area contributed by atoms with Crippen LogP contribution in [0.25, 0.3) is 0 Å². The fourth-order valence-corrected chi connectivity index (χ4v) is 2.44. The number of carbonyl (C=O) groups is 1. The standard InChI is InChI=1S/C19H18Cl2N2O4/c1-3-8-26-17-6-4-13(9-18(17)25-2)11-22-23-19(24)12-27-16-7-5-14(20)10-15(16)21/h3-7,9-11H,1,8,12H2,2H3,(H,23,24)/b22-11+. The summed E-state index contributed by atoms with van der Waals surface area (Å²) in [6.45, 7) is 3.73. The average Bonchev–Trinajstić information content (AvgIpc) is 2.66. The Morgan fingerprint density at radius 3 is 2.63 bits per heavy atom. The number of rotatable bonds is 9. The van der Waals surface area contributed by atoms with Crippen LogP contribution in [-0.2, 0) is 4.79 Å². The molecule has 0 atom stereocenters. The average molecular weight is 409 g/mol. The lowest BCUT2D eigenvalue weighted by molar-refractivity contribution is -0.123. The smallest absolute Gasteiger partial charge is 0.277 e. The van der Waals surface area contributed by atoms with E-state index in [1.165, 1.54) is 19.4 Å². The highest BCUT2D eigenvalue weighted by molar-refractivity contribution is 6.35. The Morgan fingerprint density at radius 1 is 1.15 bits per heavy atom. The summed E-state index contributed by atoms with van der Waals surface area (Å²) in [7, 11) is 1.54. The van der Waals surface area contributed by atoms with Crippen LogP contribution in [-0.4, -0.2) is 32.4 Å². The summed E-state index contributed by atoms with van der Waals surface area (Å²) in [5, 5.41) is 4.69. The van der Waals surface area contributed by atoms with E-state index in [1.807, 2.05) is 0 Å². The van der Waals surface area contributed by atoms with Gasteiger partial charge in [0.1, 0.15) is 12.4 Å². The molecule has 0 spiro atoms. The maximum atomic E-state index is 11.8. The highest BCUT2D eigenvalue weighted by atomic mass is 35.5. The van der Waals surface area contributed by atoms with E-state index in [2.05, 4.69) is 17.1 Å². The van der Waals surface area contributed by atoms with Gasteiger partial charge in [-0.2, -0.15) is 5.10 Å². The number of ether oxygens (including phenoxy) is 3. The third-order valence-corrected chi connectivity index (χ3v) is 3.73. The molecule has 1 amide bonds. The van der Waals surface area contributed by atoms with Gasteiger partial charge in [-0.25, -0.2) is 5.43 Å². The predicted octanol–water partition coefficient (Wildman–Crippen LogP) is 4.10. The van der Waals surface area contributed by atoms with E-state index >= 15 is 0 Å². The van der Waals surface area contributed by atoms with Gasteiger partial charge in [-0.15, -0.1) is 0 Å². The molecule has 0 unspecified atom stereocenters. The molecule has 8 heteroatoms. The summed E-state index contributed by atoms with van der Waals surface area (Å²) in [6, 6.07) is 10.00. The molecular weight excluding hydrogens is 391 g/mol. The van der Waals surface area contributed by atoms with Crippen LogP contribution in [0.3, 0.4) is 0 Å². The first kappa shape index (κ1) is 20.6. The number of benzene rings is 2. The first-order valence-electron chi connectivity index (χ1n) is 7.85. The van der Waals surface area contributed by atoms with E-state index in [0.717, 1.165) is 5.56 Å². The molecule has 0 saturated carbocycles. The zero-order chi connectivity index (χ0) is 19.6. The molecule has 2 aromatic carbocycles. The van der Waals surface area contributed by atoms with E-state index in [4.69, 9.17) is 37.4 Å². The fourth-order valence-electron chi connectivity index (χ4n) is 1.98. The second kappa shape index (κ2) is 10.4. The molecule has 0 aliphatic heterocycles. The van der Waals surface area contributed by atoms with Crippen molar-refractivity contribution in [3.05, 3.63) is 64.7 Å². The SMILES string of the molecule is C=CCOc1ccc(/C=N/NC(=O)COc2ccc(Cl)cc2Cl)cc1OC. The van der Waals surface area contributed by atoms with Gasteiger partial charge in [0.2, 0.25) is 0 Å². The van der Waals surface area contributed by atoms with Crippen molar-refractivity contribution in [2.75, 3.05) is 20.3 Å². The Hall–Kier alpha value is -2.70. The molecule has 142 valence electrons. The van der Waals surface area contributed by atoms with Gasteiger partial charge in [-0.1, -0.05) is 35.9 Å². The van der Waals surface area contributed by atoms with Gasteiger partial charge in [-0.3, -0.25) is 4.79 Å². The molecule has 0 aromatic heterocycles. The molecule has 0 fully saturated rings. The first-order valence-corrected chi connectivity index (χ1v) is 8.60. The topological polar surface area (TPSA) is 69.2 Å². The van der Waals surface area contributed by atoms with Gasteiger partial charge in [0.25, 0.3) is 5.91 Å². The van der Waals surface area contributed by atoms with Gasteiger partial charge < -0.3 is 14.2 Å². The lowest BCUT2D eigenvalue weighted by Crippen LogP contribution is -2.24. The quantitative estimate of drug-likeness (QED) is 0.385. The zero-order valence-corrected chi connectivity index (χ0v) is 16.1. The maximum Gasteiger partial charge on any atom is 0.277 e. The van der Waals surface area contributed by atoms with Crippen molar-refractivity contribution in [3.8, 4) is 17.2 Å². The number of halogens is 2. The van der Waals surface area contributed by atoms with Gasteiger partial charge in [0.15, 0.2) is 18.1 Å². The summed E-state index contributed by atoms with van der Waals surface area (Å²) in [5.74, 6) is 1.06. The third-order valence-electron chi connectivity index (χ3n) is 3.20. The molecule has 0 bridgehead atoms. The molecule has 0 aliphatic rings. The Bertz CT molecular complexity index is 840. The van der Waals surface area contributed by atoms with Crippen molar-refractivity contribution in [1.29, 1.82) is 0 Å². The number of hydrogen-bond acceptors (Lipinski definition) is 5. The second-order valence-electron chi connectivity index (χ2n) is 5.17. The monoisotopic (exact) mass is 408 g/mol. The number of methoxy groups -OCH3 is 1. The van der Waals surface area contributed by atoms with Crippen molar-refractivity contribution in [2.45, 2.75) is 0 Å². The van der Waals surface area contributed by atoms with Crippen molar-refractivity contribution < 1.29 is 19.0 Å². The number of hydrogen-bond donors (Lipinski definition) is 1. The van der Waals surface area contributed by atoms with E-state index in [1.54, 1.807) is 36.4 Å². The number of carbonyl (C=O) groups excluding carboxylic acids is 1. The number of amides is 1. The summed E-state index contributed by atoms with van der Waals surface area (Å²) in [4.78, 5) is 11.8. The van der Waals surface area contributed by atoms with E-state index < -0.39 is 5.91 Å². The summed E-state index contributed by atoms with van der Waals surface area (Å²) < 4.78 is 16.1. The van der Waals surface area contributed by atoms with Gasteiger partial charge in [0, 0.05) is 5.02 Å². The van der Waals surface area contributed by atoms with Crippen molar-refractivity contribution in [3.63, 3.8) is 0 Å². The van der Waals surface area contributed by atoms with Crippen molar-refractivity contribution >= 4 is 35.3 Å². The highest BCUT2D eigenvalue weighted by Gasteiger charge is 2.07. The van der Waals surface area contributed by atoms with E-state index in [-0.39, 0.29) is 6.61 Å². The molecule has 2 rings (SSSR count). The zero-order valence-electron chi connectivity index (χ0n) is 14.6. The fraction of sp³-hybridized carbons (Fsp3) is 0.158. The highest BCUT2D eigenvalue weighted by Crippen LogP contribution is 2.28. The minimum Gasteiger partial charge on any atom is -0.493 e. The Labute approximate surface area is 167 Å². The lowest BCUT2D eigenvalue weighted by atomic mass is 10.2. The van der Waals surface area contributed by atoms with E-state index in [9.17, 15) is 4.79 Å². The molecular formula is C19H18Cl2N2O4. The minimum atomic E-state index is -0.435. The summed E-state index contributed by atoms with van der Waals surface area (Å²) in [6.07, 6.45) is 3.12. The largest absolute Gasteiger partial charge is 0.493 e. The molecule has 27 heavy (non-hydrogen) atoms. The second-order valence-corrected chi connectivity index (χ2v) is 6.01. The van der Waals surface area contributed by atoms with Gasteiger partial charge in [0.05, 0.1) is 18.3 Å². The number of nitrogens with zero attached hydrogens (tertiary/aromatic N) is 1.